The Morgan fingerprint density at radius 1 is 0.864 bits per heavy atom. The quantitative estimate of drug-likeness (QED) is 0.391. The van der Waals surface area contributed by atoms with Gasteiger partial charge in [-0.25, -0.2) is 4.79 Å². The van der Waals surface area contributed by atoms with Gasteiger partial charge in [0.15, 0.2) is 0 Å². The standard InChI is InChI=1S/C17H32O5/c1-15(2,3)17(14(19)20,16(4,5)6)12-10-8-7-9-11-13(18)22-21/h21H,7-12H2,1-6H3,(H,19,20). The van der Waals surface area contributed by atoms with Gasteiger partial charge in [0.1, 0.15) is 0 Å². The second-order valence-corrected chi connectivity index (χ2v) is 8.09. The maximum Gasteiger partial charge on any atom is 0.342 e. The fourth-order valence-corrected chi connectivity index (χ4v) is 3.68. The Kier molecular flexibility index (Phi) is 7.55. The highest BCUT2D eigenvalue weighted by Gasteiger charge is 2.55. The first-order valence-corrected chi connectivity index (χ1v) is 7.98. The molecule has 0 fully saturated rings. The van der Waals surface area contributed by atoms with E-state index in [1.807, 2.05) is 41.5 Å². The zero-order valence-corrected chi connectivity index (χ0v) is 14.9. The third-order valence-electron chi connectivity index (χ3n) is 4.71. The lowest BCUT2D eigenvalue weighted by atomic mass is 9.52. The van der Waals surface area contributed by atoms with Crippen molar-refractivity contribution in [3.8, 4) is 0 Å². The van der Waals surface area contributed by atoms with Gasteiger partial charge < -0.3 is 9.99 Å². The van der Waals surface area contributed by atoms with E-state index in [1.54, 1.807) is 0 Å². The van der Waals surface area contributed by atoms with E-state index < -0.39 is 17.4 Å². The summed E-state index contributed by atoms with van der Waals surface area (Å²) in [7, 11) is 0. The van der Waals surface area contributed by atoms with Crippen LogP contribution in [0, 0.1) is 16.2 Å². The van der Waals surface area contributed by atoms with E-state index in [9.17, 15) is 14.7 Å². The molecule has 0 amide bonds. The van der Waals surface area contributed by atoms with Gasteiger partial charge in [0, 0.05) is 6.42 Å². The second-order valence-electron chi connectivity index (χ2n) is 8.09. The molecule has 130 valence electrons. The van der Waals surface area contributed by atoms with Crippen LogP contribution in [0.4, 0.5) is 0 Å². The third-order valence-corrected chi connectivity index (χ3v) is 4.71. The van der Waals surface area contributed by atoms with E-state index in [0.29, 0.717) is 12.8 Å². The van der Waals surface area contributed by atoms with Crippen LogP contribution in [0.25, 0.3) is 0 Å². The van der Waals surface area contributed by atoms with Crippen LogP contribution in [-0.2, 0) is 14.5 Å². The Labute approximate surface area is 134 Å². The van der Waals surface area contributed by atoms with Gasteiger partial charge in [-0.1, -0.05) is 60.8 Å². The average molecular weight is 316 g/mol. The van der Waals surface area contributed by atoms with Gasteiger partial charge in [-0.15, -0.1) is 0 Å². The van der Waals surface area contributed by atoms with E-state index in [0.717, 1.165) is 19.3 Å². The Morgan fingerprint density at radius 2 is 1.32 bits per heavy atom. The summed E-state index contributed by atoms with van der Waals surface area (Å²) in [6.07, 6.45) is 3.93. The average Bonchev–Trinajstić information content (AvgIpc) is 2.33. The molecule has 0 aromatic rings. The topological polar surface area (TPSA) is 83.8 Å². The number of carbonyl (C=O) groups excluding carboxylic acids is 1. The molecule has 0 heterocycles. The van der Waals surface area contributed by atoms with Crippen LogP contribution >= 0.6 is 0 Å². The molecule has 0 spiro atoms. The normalized spacial score (nSPS) is 13.0. The number of carbonyl (C=O) groups is 2. The van der Waals surface area contributed by atoms with Gasteiger partial charge in [0.25, 0.3) is 0 Å². The third kappa shape index (κ3) is 4.97. The van der Waals surface area contributed by atoms with Crippen LogP contribution < -0.4 is 0 Å². The monoisotopic (exact) mass is 316 g/mol. The highest BCUT2D eigenvalue weighted by molar-refractivity contribution is 5.76. The summed E-state index contributed by atoms with van der Waals surface area (Å²) in [5.74, 6) is -1.36. The molecule has 0 aromatic carbocycles. The number of carboxylic acids is 1. The summed E-state index contributed by atoms with van der Waals surface area (Å²) < 4.78 is 0. The zero-order chi connectivity index (χ0) is 17.6. The van der Waals surface area contributed by atoms with Gasteiger partial charge in [-0.3, -0.25) is 4.79 Å². The lowest BCUT2D eigenvalue weighted by Gasteiger charge is -2.50. The molecule has 0 saturated carbocycles. The van der Waals surface area contributed by atoms with E-state index in [2.05, 4.69) is 4.89 Å². The summed E-state index contributed by atoms with van der Waals surface area (Å²) in [4.78, 5) is 26.5. The first-order chi connectivity index (χ1) is 9.90. The molecule has 0 bridgehead atoms. The smallest absolute Gasteiger partial charge is 0.342 e. The lowest BCUT2D eigenvalue weighted by Crippen LogP contribution is -2.52. The molecule has 0 radical (unpaired) electrons. The fourth-order valence-electron chi connectivity index (χ4n) is 3.68. The molecule has 0 aliphatic heterocycles. The molecule has 0 aliphatic carbocycles. The van der Waals surface area contributed by atoms with Crippen LogP contribution in [-0.4, -0.2) is 22.3 Å². The fraction of sp³-hybridized carbons (Fsp3) is 0.882. The van der Waals surface area contributed by atoms with E-state index in [1.165, 1.54) is 0 Å². The summed E-state index contributed by atoms with van der Waals surface area (Å²) >= 11 is 0. The molecule has 0 aliphatic rings. The van der Waals surface area contributed by atoms with Crippen molar-refractivity contribution in [3.63, 3.8) is 0 Å². The minimum Gasteiger partial charge on any atom is -0.481 e. The number of unbranched alkanes of at least 4 members (excludes halogenated alkanes) is 3. The van der Waals surface area contributed by atoms with Crippen LogP contribution in [0.1, 0.15) is 80.1 Å². The van der Waals surface area contributed by atoms with Crippen molar-refractivity contribution in [2.75, 3.05) is 0 Å². The van der Waals surface area contributed by atoms with Crippen molar-refractivity contribution in [2.24, 2.45) is 16.2 Å². The summed E-state index contributed by atoms with van der Waals surface area (Å²) in [5.41, 5.74) is -1.50. The molecular weight excluding hydrogens is 284 g/mol. The number of carboxylic acid groups (broad SMARTS) is 1. The van der Waals surface area contributed by atoms with Crippen molar-refractivity contribution in [3.05, 3.63) is 0 Å². The van der Waals surface area contributed by atoms with Crippen molar-refractivity contribution < 1.29 is 24.8 Å². The maximum atomic E-state index is 12.1. The predicted molar refractivity (Wildman–Crippen MR) is 85.4 cm³/mol. The second kappa shape index (κ2) is 7.95. The van der Waals surface area contributed by atoms with Crippen LogP contribution in [0.15, 0.2) is 0 Å². The van der Waals surface area contributed by atoms with Crippen LogP contribution in [0.2, 0.25) is 0 Å². The molecule has 0 atom stereocenters. The molecule has 22 heavy (non-hydrogen) atoms. The van der Waals surface area contributed by atoms with Crippen LogP contribution in [0.5, 0.6) is 0 Å². The van der Waals surface area contributed by atoms with Crippen molar-refractivity contribution in [2.45, 2.75) is 80.1 Å². The molecule has 5 heteroatoms. The number of rotatable bonds is 8. The minimum absolute atomic E-state index is 0.194. The Bertz CT molecular complexity index is 359. The first-order valence-electron chi connectivity index (χ1n) is 7.98. The summed E-state index contributed by atoms with van der Waals surface area (Å²) in [6.45, 7) is 11.9. The summed E-state index contributed by atoms with van der Waals surface area (Å²) in [6, 6.07) is 0. The van der Waals surface area contributed by atoms with Gasteiger partial charge in [0.2, 0.25) is 0 Å². The van der Waals surface area contributed by atoms with Gasteiger partial charge >= 0.3 is 11.9 Å². The molecule has 5 nitrogen and oxygen atoms in total. The Morgan fingerprint density at radius 3 is 1.68 bits per heavy atom. The molecule has 2 N–H and O–H groups in total. The van der Waals surface area contributed by atoms with Crippen molar-refractivity contribution in [1.29, 1.82) is 0 Å². The first kappa shape index (κ1) is 20.9. The van der Waals surface area contributed by atoms with Crippen molar-refractivity contribution >= 4 is 11.9 Å². The molecule has 0 rings (SSSR count). The van der Waals surface area contributed by atoms with Gasteiger partial charge in [-0.05, 0) is 23.7 Å². The predicted octanol–water partition coefficient (Wildman–Crippen LogP) is 4.51. The zero-order valence-electron chi connectivity index (χ0n) is 14.9. The highest BCUT2D eigenvalue weighted by atomic mass is 17.1. The van der Waals surface area contributed by atoms with Gasteiger partial charge in [-0.2, -0.15) is 5.26 Å². The number of hydrogen-bond acceptors (Lipinski definition) is 4. The molecule has 0 unspecified atom stereocenters. The summed E-state index contributed by atoms with van der Waals surface area (Å²) in [5, 5.41) is 18.1. The minimum atomic E-state index is -0.802. The highest BCUT2D eigenvalue weighted by Crippen LogP contribution is 2.55. The Balaban J connectivity index is 4.70. The molecule has 0 aromatic heterocycles. The van der Waals surface area contributed by atoms with E-state index in [-0.39, 0.29) is 17.3 Å². The number of hydrogen-bond donors (Lipinski definition) is 2. The largest absolute Gasteiger partial charge is 0.481 e. The van der Waals surface area contributed by atoms with Gasteiger partial charge in [0.05, 0.1) is 5.41 Å². The lowest BCUT2D eigenvalue weighted by molar-refractivity contribution is -0.234. The van der Waals surface area contributed by atoms with E-state index >= 15 is 0 Å². The molecule has 0 saturated heterocycles. The maximum absolute atomic E-state index is 12.1. The molecular formula is C17H32O5. The van der Waals surface area contributed by atoms with E-state index in [4.69, 9.17) is 5.26 Å². The Hall–Kier alpha value is -1.10. The van der Waals surface area contributed by atoms with Crippen molar-refractivity contribution in [1.82, 2.24) is 0 Å². The van der Waals surface area contributed by atoms with Crippen LogP contribution in [0.3, 0.4) is 0 Å². The SMILES string of the molecule is CC(C)(C)C(CCCCCCC(=O)OO)(C(=O)O)C(C)(C)C. The number of aliphatic carboxylic acids is 1.